The van der Waals surface area contributed by atoms with Gasteiger partial charge in [-0.15, -0.1) is 0 Å². The third-order valence-electron chi connectivity index (χ3n) is 6.77. The number of carbonyl (C=O) groups is 1. The summed E-state index contributed by atoms with van der Waals surface area (Å²) in [5.74, 6) is 0.391. The Morgan fingerprint density at radius 1 is 1.14 bits per heavy atom. The molecule has 1 aliphatic carbocycles. The Kier molecular flexibility index (Phi) is 8.45. The zero-order valence-corrected chi connectivity index (χ0v) is 21.7. The van der Waals surface area contributed by atoms with Crippen molar-refractivity contribution in [3.8, 4) is 0 Å². The van der Waals surface area contributed by atoms with E-state index in [1.807, 2.05) is 12.1 Å². The second kappa shape index (κ2) is 11.4. The van der Waals surface area contributed by atoms with E-state index in [2.05, 4.69) is 21.0 Å². The topological polar surface area (TPSA) is 81.8 Å². The molecule has 0 atom stereocenters. The molecule has 2 N–H and O–H groups in total. The van der Waals surface area contributed by atoms with Gasteiger partial charge in [0.25, 0.3) is 0 Å². The van der Waals surface area contributed by atoms with Crippen molar-refractivity contribution in [2.24, 2.45) is 5.92 Å². The standard InChI is InChI=1S/C26H33F3N4O3S/c1-37(35,36)31-12-14-33(18-21-5-2-3-7-23(21)26(27,28)29)25(34)15-30-24-8-4-6-20-17-32(13-11-22(20)24)16-19-9-10-19/h2-8,19,30-31H,9-18H2,1H3. The molecule has 7 nitrogen and oxygen atoms in total. The number of alkyl halides is 3. The first-order valence-electron chi connectivity index (χ1n) is 12.4. The second-order valence-corrected chi connectivity index (χ2v) is 11.7. The van der Waals surface area contributed by atoms with Crippen LogP contribution in [0.3, 0.4) is 0 Å². The summed E-state index contributed by atoms with van der Waals surface area (Å²) in [4.78, 5) is 16.9. The zero-order chi connectivity index (χ0) is 26.6. The number of sulfonamides is 1. The van der Waals surface area contributed by atoms with Gasteiger partial charge in [0.15, 0.2) is 0 Å². The van der Waals surface area contributed by atoms with Gasteiger partial charge in [-0.3, -0.25) is 9.69 Å². The van der Waals surface area contributed by atoms with E-state index in [0.29, 0.717) is 0 Å². The molecular formula is C26H33F3N4O3S. The van der Waals surface area contributed by atoms with Crippen LogP contribution in [0, 0.1) is 5.92 Å². The Morgan fingerprint density at radius 2 is 1.89 bits per heavy atom. The number of nitrogens with one attached hydrogen (secondary N) is 2. The monoisotopic (exact) mass is 538 g/mol. The summed E-state index contributed by atoms with van der Waals surface area (Å²) in [6.07, 6.45) is -0.108. The highest BCUT2D eigenvalue weighted by Crippen LogP contribution is 2.34. The fourth-order valence-electron chi connectivity index (χ4n) is 4.74. The van der Waals surface area contributed by atoms with Crippen molar-refractivity contribution in [2.45, 2.75) is 38.5 Å². The predicted molar refractivity (Wildman–Crippen MR) is 136 cm³/mol. The Bertz CT molecular complexity index is 1220. The van der Waals surface area contributed by atoms with Crippen molar-refractivity contribution in [3.63, 3.8) is 0 Å². The molecule has 11 heteroatoms. The molecule has 0 unspecified atom stereocenters. The van der Waals surface area contributed by atoms with Gasteiger partial charge in [0, 0.05) is 45.0 Å². The van der Waals surface area contributed by atoms with Gasteiger partial charge in [-0.25, -0.2) is 13.1 Å². The molecule has 0 spiro atoms. The summed E-state index contributed by atoms with van der Waals surface area (Å²) < 4.78 is 65.8. The van der Waals surface area contributed by atoms with Crippen molar-refractivity contribution in [1.29, 1.82) is 0 Å². The van der Waals surface area contributed by atoms with E-state index >= 15 is 0 Å². The smallest absolute Gasteiger partial charge is 0.376 e. The normalized spacial score (nSPS) is 16.3. The molecule has 0 aromatic heterocycles. The molecule has 0 saturated heterocycles. The lowest BCUT2D eigenvalue weighted by Crippen LogP contribution is -2.41. The highest BCUT2D eigenvalue weighted by atomic mass is 32.2. The van der Waals surface area contributed by atoms with Gasteiger partial charge < -0.3 is 10.2 Å². The number of halogens is 3. The first-order valence-corrected chi connectivity index (χ1v) is 14.3. The minimum absolute atomic E-state index is 0.0458. The lowest BCUT2D eigenvalue weighted by atomic mass is 9.97. The summed E-state index contributed by atoms with van der Waals surface area (Å²) in [7, 11) is -3.51. The zero-order valence-electron chi connectivity index (χ0n) is 20.9. The van der Waals surface area contributed by atoms with E-state index < -0.39 is 27.7 Å². The molecule has 4 rings (SSSR count). The summed E-state index contributed by atoms with van der Waals surface area (Å²) >= 11 is 0. The molecule has 1 aliphatic heterocycles. The molecule has 0 radical (unpaired) electrons. The van der Waals surface area contributed by atoms with Crippen molar-refractivity contribution in [3.05, 3.63) is 64.7 Å². The van der Waals surface area contributed by atoms with Crippen LogP contribution in [-0.4, -0.2) is 63.1 Å². The average Bonchev–Trinajstić information content (AvgIpc) is 3.64. The number of benzene rings is 2. The summed E-state index contributed by atoms with van der Waals surface area (Å²) in [5, 5.41) is 3.19. The maximum atomic E-state index is 13.5. The molecule has 0 bridgehead atoms. The van der Waals surface area contributed by atoms with Crippen LogP contribution in [0.15, 0.2) is 42.5 Å². The van der Waals surface area contributed by atoms with Crippen molar-refractivity contribution in [2.75, 3.05) is 44.3 Å². The van der Waals surface area contributed by atoms with Gasteiger partial charge >= 0.3 is 6.18 Å². The van der Waals surface area contributed by atoms with Crippen LogP contribution in [0.4, 0.5) is 18.9 Å². The number of nitrogens with zero attached hydrogens (tertiary/aromatic N) is 2. The quantitative estimate of drug-likeness (QED) is 0.458. The summed E-state index contributed by atoms with van der Waals surface area (Å²) in [6, 6.07) is 11.1. The lowest BCUT2D eigenvalue weighted by Gasteiger charge is -2.30. The summed E-state index contributed by atoms with van der Waals surface area (Å²) in [6.45, 7) is 2.37. The van der Waals surface area contributed by atoms with Gasteiger partial charge in [0.2, 0.25) is 15.9 Å². The number of anilines is 1. The second-order valence-electron chi connectivity index (χ2n) is 9.86. The van der Waals surface area contributed by atoms with Crippen LogP contribution in [0.5, 0.6) is 0 Å². The minimum atomic E-state index is -4.56. The highest BCUT2D eigenvalue weighted by molar-refractivity contribution is 7.88. The Hall–Kier alpha value is -2.63. The van der Waals surface area contributed by atoms with Crippen LogP contribution in [0.25, 0.3) is 0 Å². The summed E-state index contributed by atoms with van der Waals surface area (Å²) in [5.41, 5.74) is 2.37. The molecule has 2 aliphatic rings. The first kappa shape index (κ1) is 27.4. The third kappa shape index (κ3) is 7.93. The van der Waals surface area contributed by atoms with Crippen LogP contribution < -0.4 is 10.0 Å². The van der Waals surface area contributed by atoms with Crippen molar-refractivity contribution < 1.29 is 26.4 Å². The highest BCUT2D eigenvalue weighted by Gasteiger charge is 2.33. The van der Waals surface area contributed by atoms with E-state index in [0.717, 1.165) is 55.5 Å². The van der Waals surface area contributed by atoms with Crippen LogP contribution in [0.2, 0.25) is 0 Å². The largest absolute Gasteiger partial charge is 0.416 e. The molecule has 202 valence electrons. The number of hydrogen-bond acceptors (Lipinski definition) is 5. The van der Waals surface area contributed by atoms with Crippen LogP contribution >= 0.6 is 0 Å². The number of rotatable bonds is 11. The van der Waals surface area contributed by atoms with E-state index in [4.69, 9.17) is 0 Å². The number of fused-ring (bicyclic) bond motifs is 1. The SMILES string of the molecule is CS(=O)(=O)NCCN(Cc1ccccc1C(F)(F)F)C(=O)CNc1cccc2c1CCN(CC1CC1)C2. The number of amides is 1. The van der Waals surface area contributed by atoms with Gasteiger partial charge in [-0.2, -0.15) is 13.2 Å². The van der Waals surface area contributed by atoms with E-state index in [1.54, 1.807) is 0 Å². The molecule has 1 heterocycles. The maximum Gasteiger partial charge on any atom is 0.416 e. The molecule has 37 heavy (non-hydrogen) atoms. The van der Waals surface area contributed by atoms with E-state index in [-0.39, 0.29) is 31.7 Å². The molecule has 1 amide bonds. The Labute approximate surface area is 216 Å². The maximum absolute atomic E-state index is 13.5. The van der Waals surface area contributed by atoms with Gasteiger partial charge in [0.05, 0.1) is 18.4 Å². The van der Waals surface area contributed by atoms with Gasteiger partial charge in [-0.1, -0.05) is 30.3 Å². The molecule has 2 aromatic carbocycles. The molecule has 2 aromatic rings. The van der Waals surface area contributed by atoms with Gasteiger partial charge in [0.1, 0.15) is 0 Å². The Balaban J connectivity index is 1.45. The number of hydrogen-bond donors (Lipinski definition) is 2. The third-order valence-corrected chi connectivity index (χ3v) is 7.50. The van der Waals surface area contributed by atoms with Crippen molar-refractivity contribution in [1.82, 2.24) is 14.5 Å². The van der Waals surface area contributed by atoms with Gasteiger partial charge in [-0.05, 0) is 54.0 Å². The average molecular weight is 539 g/mol. The minimum Gasteiger partial charge on any atom is -0.376 e. The fourth-order valence-corrected chi connectivity index (χ4v) is 5.20. The molecule has 1 saturated carbocycles. The first-order chi connectivity index (χ1) is 17.5. The molecule has 1 fully saturated rings. The number of carbonyl (C=O) groups excluding carboxylic acids is 1. The lowest BCUT2D eigenvalue weighted by molar-refractivity contribution is -0.139. The van der Waals surface area contributed by atoms with E-state index in [1.165, 1.54) is 41.5 Å². The fraction of sp³-hybridized carbons (Fsp3) is 0.500. The van der Waals surface area contributed by atoms with Crippen LogP contribution in [0.1, 0.15) is 35.1 Å². The predicted octanol–water partition coefficient (Wildman–Crippen LogP) is 3.46. The van der Waals surface area contributed by atoms with E-state index in [9.17, 15) is 26.4 Å². The molecular weight excluding hydrogens is 505 g/mol. The Morgan fingerprint density at radius 3 is 2.59 bits per heavy atom. The van der Waals surface area contributed by atoms with Crippen molar-refractivity contribution >= 4 is 21.6 Å². The van der Waals surface area contributed by atoms with Crippen LogP contribution in [-0.2, 0) is 40.5 Å².